The maximum absolute atomic E-state index is 10.0. The molecular formula is C8H15NO4. The molecule has 0 aromatic carbocycles. The van der Waals surface area contributed by atoms with Crippen molar-refractivity contribution in [3.05, 3.63) is 12.2 Å². The average Bonchev–Trinajstić information content (AvgIpc) is 2.03. The highest BCUT2D eigenvalue weighted by Gasteiger charge is 2.17. The lowest BCUT2D eigenvalue weighted by atomic mass is 10.1. The van der Waals surface area contributed by atoms with Crippen LogP contribution in [0.15, 0.2) is 12.2 Å². The van der Waals surface area contributed by atoms with Crippen molar-refractivity contribution < 1.29 is 20.1 Å². The van der Waals surface area contributed by atoms with E-state index in [4.69, 9.17) is 10.2 Å². The molecule has 0 aromatic rings. The van der Waals surface area contributed by atoms with Crippen molar-refractivity contribution in [2.45, 2.75) is 12.5 Å². The molecule has 4 N–H and O–H groups in total. The highest BCUT2D eigenvalue weighted by Crippen LogP contribution is 1.97. The Kier molecular flexibility index (Phi) is 5.29. The molecule has 0 saturated heterocycles. The van der Waals surface area contributed by atoms with E-state index in [2.05, 4.69) is 5.32 Å². The number of carboxylic acid groups (broad SMARTS) is 1. The van der Waals surface area contributed by atoms with Gasteiger partial charge in [0.05, 0.1) is 12.2 Å². The molecule has 0 saturated carbocycles. The molecule has 0 aliphatic carbocycles. The van der Waals surface area contributed by atoms with Crippen molar-refractivity contribution in [1.82, 2.24) is 5.32 Å². The molecule has 0 spiro atoms. The number of carboxylic acids is 1. The van der Waals surface area contributed by atoms with Crippen molar-refractivity contribution >= 4 is 5.97 Å². The number of rotatable bonds is 6. The van der Waals surface area contributed by atoms with Crippen LogP contribution in [0.5, 0.6) is 0 Å². The minimum absolute atomic E-state index is 0.216. The molecule has 0 heterocycles. The van der Waals surface area contributed by atoms with Gasteiger partial charge in [-0.15, -0.1) is 0 Å². The van der Waals surface area contributed by atoms with E-state index in [1.54, 1.807) is 0 Å². The normalized spacial score (nSPS) is 15.9. The summed E-state index contributed by atoms with van der Waals surface area (Å²) in [6, 6.07) is 0. The van der Waals surface area contributed by atoms with Gasteiger partial charge in [0.25, 0.3) is 0 Å². The molecule has 0 rings (SSSR count). The first-order valence-corrected chi connectivity index (χ1v) is 3.91. The van der Waals surface area contributed by atoms with Crippen molar-refractivity contribution in [3.63, 3.8) is 0 Å². The second kappa shape index (κ2) is 5.69. The average molecular weight is 189 g/mol. The Morgan fingerprint density at radius 1 is 1.62 bits per heavy atom. The maximum Gasteiger partial charge on any atom is 0.328 e. The zero-order chi connectivity index (χ0) is 10.3. The van der Waals surface area contributed by atoms with Crippen molar-refractivity contribution in [3.8, 4) is 0 Å². The molecule has 5 nitrogen and oxygen atoms in total. The van der Waals surface area contributed by atoms with Crippen LogP contribution in [0.25, 0.3) is 0 Å². The number of aliphatic carboxylic acids is 1. The summed E-state index contributed by atoms with van der Waals surface area (Å²) in [6.45, 7) is 1.72. The van der Waals surface area contributed by atoms with Crippen molar-refractivity contribution in [2.75, 3.05) is 19.7 Å². The standard InChI is InChI=1S/C8H15NO4/c1-8(13,6-10)5-9-4-2-3-7(11)12/h2-3,9-10,13H,4-6H2,1H3,(H,11,12)/b3-2+. The quantitative estimate of drug-likeness (QED) is 0.316. The molecule has 1 atom stereocenters. The van der Waals surface area contributed by atoms with Gasteiger partial charge in [-0.2, -0.15) is 0 Å². The Morgan fingerprint density at radius 3 is 2.69 bits per heavy atom. The summed E-state index contributed by atoms with van der Waals surface area (Å²) in [6.07, 6.45) is 2.44. The summed E-state index contributed by atoms with van der Waals surface area (Å²) in [5.41, 5.74) is -1.16. The molecule has 0 aliphatic heterocycles. The first kappa shape index (κ1) is 12.1. The Balaban J connectivity index is 3.51. The lowest BCUT2D eigenvalue weighted by Crippen LogP contribution is -2.40. The minimum Gasteiger partial charge on any atom is -0.478 e. The highest BCUT2D eigenvalue weighted by atomic mass is 16.4. The molecule has 0 fully saturated rings. The van der Waals surface area contributed by atoms with Gasteiger partial charge in [-0.1, -0.05) is 6.08 Å². The van der Waals surface area contributed by atoms with Crippen LogP contribution >= 0.6 is 0 Å². The summed E-state index contributed by atoms with van der Waals surface area (Å²) >= 11 is 0. The molecule has 0 radical (unpaired) electrons. The predicted octanol–water partition coefficient (Wildman–Crippen LogP) is -1.04. The van der Waals surface area contributed by atoms with Crippen LogP contribution in [-0.4, -0.2) is 46.6 Å². The van der Waals surface area contributed by atoms with E-state index in [0.717, 1.165) is 6.08 Å². The topological polar surface area (TPSA) is 89.8 Å². The summed E-state index contributed by atoms with van der Waals surface area (Å²) in [5, 5.41) is 28.9. The number of carbonyl (C=O) groups is 1. The zero-order valence-electron chi connectivity index (χ0n) is 7.53. The number of aliphatic hydroxyl groups is 2. The summed E-state index contributed by atoms with van der Waals surface area (Å²) < 4.78 is 0. The minimum atomic E-state index is -1.16. The largest absolute Gasteiger partial charge is 0.478 e. The SMILES string of the molecule is CC(O)(CO)CNC/C=C/C(=O)O. The van der Waals surface area contributed by atoms with Crippen LogP contribution in [0, 0.1) is 0 Å². The van der Waals surface area contributed by atoms with E-state index >= 15 is 0 Å². The molecule has 1 unspecified atom stereocenters. The van der Waals surface area contributed by atoms with Gasteiger partial charge in [0, 0.05) is 19.2 Å². The fourth-order valence-corrected chi connectivity index (χ4v) is 0.640. The first-order chi connectivity index (χ1) is 5.98. The van der Waals surface area contributed by atoms with Gasteiger partial charge in [-0.05, 0) is 6.92 Å². The molecule has 0 amide bonds. The molecule has 0 aliphatic rings. The fourth-order valence-electron chi connectivity index (χ4n) is 0.640. The predicted molar refractivity (Wildman–Crippen MR) is 47.4 cm³/mol. The van der Waals surface area contributed by atoms with Gasteiger partial charge < -0.3 is 20.6 Å². The Hall–Kier alpha value is -0.910. The van der Waals surface area contributed by atoms with Crippen LogP contribution in [0.4, 0.5) is 0 Å². The number of aliphatic hydroxyl groups excluding tert-OH is 1. The van der Waals surface area contributed by atoms with E-state index in [9.17, 15) is 9.90 Å². The molecule has 13 heavy (non-hydrogen) atoms. The lowest BCUT2D eigenvalue weighted by Gasteiger charge is -2.19. The van der Waals surface area contributed by atoms with Crippen LogP contribution in [-0.2, 0) is 4.79 Å². The molecule has 0 aromatic heterocycles. The Bertz CT molecular complexity index is 189. The van der Waals surface area contributed by atoms with Gasteiger partial charge in [-0.3, -0.25) is 0 Å². The molecular weight excluding hydrogens is 174 g/mol. The smallest absolute Gasteiger partial charge is 0.328 e. The van der Waals surface area contributed by atoms with E-state index < -0.39 is 11.6 Å². The van der Waals surface area contributed by atoms with Crippen molar-refractivity contribution in [2.24, 2.45) is 0 Å². The third-order valence-electron chi connectivity index (χ3n) is 1.37. The monoisotopic (exact) mass is 189 g/mol. The Labute approximate surface area is 76.7 Å². The van der Waals surface area contributed by atoms with Crippen LogP contribution in [0.1, 0.15) is 6.92 Å². The van der Waals surface area contributed by atoms with Gasteiger partial charge in [0.2, 0.25) is 0 Å². The van der Waals surface area contributed by atoms with E-state index in [-0.39, 0.29) is 13.2 Å². The number of nitrogens with one attached hydrogen (secondary N) is 1. The van der Waals surface area contributed by atoms with Crippen LogP contribution in [0.2, 0.25) is 0 Å². The highest BCUT2D eigenvalue weighted by molar-refractivity contribution is 5.79. The second-order valence-electron chi connectivity index (χ2n) is 3.03. The number of hydrogen-bond acceptors (Lipinski definition) is 4. The lowest BCUT2D eigenvalue weighted by molar-refractivity contribution is -0.131. The second-order valence-corrected chi connectivity index (χ2v) is 3.03. The fraction of sp³-hybridized carbons (Fsp3) is 0.625. The molecule has 5 heteroatoms. The van der Waals surface area contributed by atoms with Gasteiger partial charge in [0.1, 0.15) is 0 Å². The van der Waals surface area contributed by atoms with E-state index in [1.165, 1.54) is 13.0 Å². The van der Waals surface area contributed by atoms with Crippen LogP contribution < -0.4 is 5.32 Å². The van der Waals surface area contributed by atoms with Gasteiger partial charge in [-0.25, -0.2) is 4.79 Å². The van der Waals surface area contributed by atoms with Gasteiger partial charge >= 0.3 is 5.97 Å². The zero-order valence-corrected chi connectivity index (χ0v) is 7.53. The molecule has 0 bridgehead atoms. The summed E-state index contributed by atoms with van der Waals surface area (Å²) in [7, 11) is 0. The van der Waals surface area contributed by atoms with Crippen LogP contribution in [0.3, 0.4) is 0 Å². The third kappa shape index (κ3) is 7.45. The molecule has 76 valence electrons. The summed E-state index contributed by atoms with van der Waals surface area (Å²) in [5.74, 6) is -1.00. The summed E-state index contributed by atoms with van der Waals surface area (Å²) in [4.78, 5) is 10.0. The number of hydrogen-bond donors (Lipinski definition) is 4. The van der Waals surface area contributed by atoms with E-state index in [1.807, 2.05) is 0 Å². The third-order valence-corrected chi connectivity index (χ3v) is 1.37. The van der Waals surface area contributed by atoms with E-state index in [0.29, 0.717) is 6.54 Å². The first-order valence-electron chi connectivity index (χ1n) is 3.91. The van der Waals surface area contributed by atoms with Gasteiger partial charge in [0.15, 0.2) is 0 Å². The Morgan fingerprint density at radius 2 is 2.23 bits per heavy atom. The van der Waals surface area contributed by atoms with Crippen molar-refractivity contribution in [1.29, 1.82) is 0 Å². The maximum atomic E-state index is 10.0.